The molecule has 0 aliphatic carbocycles. The minimum Gasteiger partial charge on any atom is -0.507 e. The number of aromatic nitrogens is 2. The van der Waals surface area contributed by atoms with Crippen LogP contribution in [-0.2, 0) is 0 Å². The van der Waals surface area contributed by atoms with Crippen molar-refractivity contribution in [2.75, 3.05) is 0 Å². The van der Waals surface area contributed by atoms with Gasteiger partial charge in [-0.25, -0.2) is 10.4 Å². The zero-order valence-electron chi connectivity index (χ0n) is 12.2. The second-order valence-electron chi connectivity index (χ2n) is 4.90. The number of aromatic hydroxyl groups is 1. The average molecular weight is 373 g/mol. The minimum absolute atomic E-state index is 0.109. The van der Waals surface area contributed by atoms with Crippen molar-refractivity contribution in [3.05, 3.63) is 58.3 Å². The molecule has 0 aliphatic heterocycles. The first-order chi connectivity index (χ1) is 11.0. The third-order valence-electron chi connectivity index (χ3n) is 3.26. The van der Waals surface area contributed by atoms with Gasteiger partial charge >= 0.3 is 0 Å². The number of nitrogens with zero attached hydrogens (tertiary/aromatic N) is 2. The molecule has 0 saturated carbocycles. The molecule has 3 N–H and O–H groups in total. The van der Waals surface area contributed by atoms with Crippen LogP contribution in [0.5, 0.6) is 5.75 Å². The van der Waals surface area contributed by atoms with Crippen molar-refractivity contribution < 1.29 is 9.90 Å². The predicted octanol–water partition coefficient (Wildman–Crippen LogP) is 3.19. The molecular weight excluding hydrogens is 360 g/mol. The molecule has 3 aromatic rings. The van der Waals surface area contributed by atoms with Gasteiger partial charge in [-0.2, -0.15) is 5.10 Å². The quantitative estimate of drug-likeness (QED) is 0.487. The summed E-state index contributed by atoms with van der Waals surface area (Å²) < 4.78 is 0.693. The molecule has 0 fully saturated rings. The lowest BCUT2D eigenvalue weighted by Gasteiger charge is -2.04. The van der Waals surface area contributed by atoms with Crippen molar-refractivity contribution in [1.29, 1.82) is 0 Å². The number of aromatic amines is 1. The van der Waals surface area contributed by atoms with E-state index in [1.807, 2.05) is 24.3 Å². The highest BCUT2D eigenvalue weighted by Gasteiger charge is 2.12. The Balaban J connectivity index is 1.81. The van der Waals surface area contributed by atoms with Gasteiger partial charge in [-0.3, -0.25) is 4.79 Å². The van der Waals surface area contributed by atoms with Crippen LogP contribution in [0.2, 0.25) is 0 Å². The molecule has 0 unspecified atom stereocenters. The van der Waals surface area contributed by atoms with Gasteiger partial charge in [0.25, 0.3) is 5.91 Å². The second-order valence-corrected chi connectivity index (χ2v) is 5.82. The number of benzene rings is 2. The number of phenols is 1. The fraction of sp³-hybridized carbons (Fsp3) is 0.0625. The van der Waals surface area contributed by atoms with Gasteiger partial charge in [0.2, 0.25) is 0 Å². The Morgan fingerprint density at radius 2 is 2.09 bits per heavy atom. The number of hydrogen-bond donors (Lipinski definition) is 3. The number of fused-ring (bicyclic) bond motifs is 1. The Kier molecular flexibility index (Phi) is 4.12. The largest absolute Gasteiger partial charge is 0.507 e. The van der Waals surface area contributed by atoms with E-state index >= 15 is 0 Å². The number of imidazole rings is 1. The van der Waals surface area contributed by atoms with Crippen LogP contribution in [0.3, 0.4) is 0 Å². The molecule has 116 valence electrons. The minimum atomic E-state index is -0.501. The zero-order chi connectivity index (χ0) is 16.4. The molecular formula is C16H13BrN4O2. The summed E-state index contributed by atoms with van der Waals surface area (Å²) in [6.07, 6.45) is 0. The molecule has 0 bridgehead atoms. The van der Waals surface area contributed by atoms with E-state index in [0.717, 1.165) is 11.0 Å². The molecule has 3 rings (SSSR count). The van der Waals surface area contributed by atoms with E-state index in [-0.39, 0.29) is 11.3 Å². The van der Waals surface area contributed by atoms with Crippen LogP contribution in [0.15, 0.2) is 52.0 Å². The molecule has 1 heterocycles. The van der Waals surface area contributed by atoms with Crippen molar-refractivity contribution in [2.45, 2.75) is 6.92 Å². The number of para-hydroxylation sites is 2. The number of halogens is 1. The van der Waals surface area contributed by atoms with Crippen molar-refractivity contribution in [3.63, 3.8) is 0 Å². The lowest BCUT2D eigenvalue weighted by atomic mass is 10.2. The van der Waals surface area contributed by atoms with Crippen LogP contribution in [0.25, 0.3) is 11.0 Å². The van der Waals surface area contributed by atoms with Crippen molar-refractivity contribution in [1.82, 2.24) is 15.4 Å². The van der Waals surface area contributed by atoms with E-state index in [4.69, 9.17) is 0 Å². The Hall–Kier alpha value is -2.67. The van der Waals surface area contributed by atoms with Gasteiger partial charge in [-0.1, -0.05) is 28.1 Å². The maximum Gasteiger partial charge on any atom is 0.275 e. The van der Waals surface area contributed by atoms with Crippen LogP contribution in [0.1, 0.15) is 23.1 Å². The van der Waals surface area contributed by atoms with E-state index < -0.39 is 5.91 Å². The van der Waals surface area contributed by atoms with Crippen molar-refractivity contribution >= 4 is 38.6 Å². The zero-order valence-corrected chi connectivity index (χ0v) is 13.8. The van der Waals surface area contributed by atoms with Gasteiger partial charge in [0.15, 0.2) is 5.82 Å². The molecule has 1 aromatic heterocycles. The van der Waals surface area contributed by atoms with Crippen molar-refractivity contribution in [3.8, 4) is 5.75 Å². The van der Waals surface area contributed by atoms with Crippen LogP contribution in [0.4, 0.5) is 0 Å². The van der Waals surface area contributed by atoms with Crippen LogP contribution in [-0.4, -0.2) is 26.7 Å². The van der Waals surface area contributed by atoms with Crippen molar-refractivity contribution in [2.24, 2.45) is 5.10 Å². The number of carbonyl (C=O) groups excluding carboxylic acids is 1. The van der Waals surface area contributed by atoms with E-state index in [0.29, 0.717) is 16.0 Å². The number of amides is 1. The van der Waals surface area contributed by atoms with Crippen LogP contribution in [0, 0.1) is 0 Å². The summed E-state index contributed by atoms with van der Waals surface area (Å²) in [6, 6.07) is 12.2. The molecule has 0 saturated heterocycles. The standard InChI is InChI=1S/C16H13BrN4O2/c1-9(15-18-12-4-2-3-5-13(12)19-15)20-21-16(23)11-8-10(17)6-7-14(11)22/h2-8,22H,1H3,(H,18,19)(H,21,23)/b20-9-. The summed E-state index contributed by atoms with van der Waals surface area (Å²) in [5.74, 6) is -0.0356. The maximum absolute atomic E-state index is 12.1. The van der Waals surface area contributed by atoms with Gasteiger partial charge < -0.3 is 10.1 Å². The summed E-state index contributed by atoms with van der Waals surface area (Å²) in [5.41, 5.74) is 4.81. The number of rotatable bonds is 3. The molecule has 2 aromatic carbocycles. The summed E-state index contributed by atoms with van der Waals surface area (Å²) in [7, 11) is 0. The Bertz CT molecular complexity index is 884. The lowest BCUT2D eigenvalue weighted by molar-refractivity contribution is 0.0952. The predicted molar refractivity (Wildman–Crippen MR) is 91.6 cm³/mol. The van der Waals surface area contributed by atoms with Crippen LogP contribution < -0.4 is 5.43 Å². The second kappa shape index (κ2) is 6.21. The Labute approximate surface area is 140 Å². The van der Waals surface area contributed by atoms with E-state index in [1.165, 1.54) is 12.1 Å². The molecule has 23 heavy (non-hydrogen) atoms. The molecule has 1 amide bonds. The van der Waals surface area contributed by atoms with E-state index in [1.54, 1.807) is 13.0 Å². The molecule has 0 aliphatic rings. The number of hydrazone groups is 1. The normalized spacial score (nSPS) is 11.7. The Morgan fingerprint density at radius 3 is 2.87 bits per heavy atom. The molecule has 0 radical (unpaired) electrons. The average Bonchev–Trinajstić information content (AvgIpc) is 2.98. The first-order valence-electron chi connectivity index (χ1n) is 6.83. The van der Waals surface area contributed by atoms with Gasteiger partial charge in [-0.15, -0.1) is 0 Å². The third kappa shape index (κ3) is 3.24. The summed E-state index contributed by atoms with van der Waals surface area (Å²) in [4.78, 5) is 19.6. The first-order valence-corrected chi connectivity index (χ1v) is 7.62. The summed E-state index contributed by atoms with van der Waals surface area (Å²) >= 11 is 3.26. The molecule has 6 nitrogen and oxygen atoms in total. The van der Waals surface area contributed by atoms with Gasteiger partial charge in [0.05, 0.1) is 16.6 Å². The molecule has 0 spiro atoms. The number of carbonyl (C=O) groups is 1. The summed E-state index contributed by atoms with van der Waals surface area (Å²) in [6.45, 7) is 1.73. The number of phenolic OH excluding ortho intramolecular Hbond substituents is 1. The SMILES string of the molecule is C/C(=N/NC(=O)c1cc(Br)ccc1O)c1nc2ccccc2[nH]1. The molecule has 7 heteroatoms. The third-order valence-corrected chi connectivity index (χ3v) is 3.75. The highest BCUT2D eigenvalue weighted by Crippen LogP contribution is 2.21. The maximum atomic E-state index is 12.1. The summed E-state index contributed by atoms with van der Waals surface area (Å²) in [5, 5.41) is 13.8. The van der Waals surface area contributed by atoms with Gasteiger partial charge in [0.1, 0.15) is 11.5 Å². The fourth-order valence-corrected chi connectivity index (χ4v) is 2.42. The van der Waals surface area contributed by atoms with E-state index in [2.05, 4.69) is 36.4 Å². The lowest BCUT2D eigenvalue weighted by Crippen LogP contribution is -2.19. The monoisotopic (exact) mass is 372 g/mol. The molecule has 0 atom stereocenters. The Morgan fingerprint density at radius 1 is 1.30 bits per heavy atom. The number of H-pyrrole nitrogens is 1. The van der Waals surface area contributed by atoms with Gasteiger partial charge in [0, 0.05) is 4.47 Å². The van der Waals surface area contributed by atoms with Crippen LogP contribution >= 0.6 is 15.9 Å². The first kappa shape index (κ1) is 15.2. The van der Waals surface area contributed by atoms with E-state index in [9.17, 15) is 9.90 Å². The topological polar surface area (TPSA) is 90.4 Å². The highest BCUT2D eigenvalue weighted by molar-refractivity contribution is 9.10. The smallest absolute Gasteiger partial charge is 0.275 e. The fourth-order valence-electron chi connectivity index (χ4n) is 2.06. The number of nitrogens with one attached hydrogen (secondary N) is 2. The highest BCUT2D eigenvalue weighted by atomic mass is 79.9. The van der Waals surface area contributed by atoms with Gasteiger partial charge in [-0.05, 0) is 37.3 Å². The number of hydrogen-bond acceptors (Lipinski definition) is 4.